The van der Waals surface area contributed by atoms with E-state index in [1.165, 1.54) is 10.6 Å². The van der Waals surface area contributed by atoms with E-state index >= 15 is 0 Å². The summed E-state index contributed by atoms with van der Waals surface area (Å²) in [6.07, 6.45) is 0.139. The fourth-order valence-electron chi connectivity index (χ4n) is 2.48. The van der Waals surface area contributed by atoms with E-state index in [4.69, 9.17) is 4.74 Å². The van der Waals surface area contributed by atoms with E-state index in [2.05, 4.69) is 29.7 Å². The number of ether oxygens (including phenoxy) is 1. The largest absolute Gasteiger partial charge is 0.442 e. The molecule has 5 nitrogen and oxygen atoms in total. The molecule has 0 heterocycles. The fraction of sp³-hybridized carbons (Fsp3) is 0.364. The summed E-state index contributed by atoms with van der Waals surface area (Å²) in [4.78, 5) is 24.8. The summed E-state index contributed by atoms with van der Waals surface area (Å²) in [5.74, 6) is -0.343. The molecule has 0 spiro atoms. The van der Waals surface area contributed by atoms with Crippen LogP contribution in [0.15, 0.2) is 48.5 Å². The zero-order valence-corrected chi connectivity index (χ0v) is 16.7. The van der Waals surface area contributed by atoms with Gasteiger partial charge in [-0.15, -0.1) is 0 Å². The highest BCUT2D eigenvalue weighted by Crippen LogP contribution is 2.20. The number of hydrogen-bond donors (Lipinski definition) is 1. The molecule has 0 atom stereocenters. The molecule has 0 aliphatic heterocycles. The van der Waals surface area contributed by atoms with E-state index in [-0.39, 0.29) is 5.91 Å². The first kappa shape index (κ1) is 20.5. The van der Waals surface area contributed by atoms with Crippen molar-refractivity contribution in [2.45, 2.75) is 46.6 Å². The van der Waals surface area contributed by atoms with E-state index in [0.29, 0.717) is 18.5 Å². The number of benzene rings is 2. The monoisotopic (exact) mass is 368 g/mol. The maximum atomic E-state index is 12.5. The molecule has 2 aromatic carbocycles. The molecule has 0 aliphatic rings. The van der Waals surface area contributed by atoms with Crippen LogP contribution in [0.25, 0.3) is 11.1 Å². The number of aryl methyl sites for hydroxylation is 1. The van der Waals surface area contributed by atoms with Crippen LogP contribution in [0.2, 0.25) is 0 Å². The predicted octanol–water partition coefficient (Wildman–Crippen LogP) is 4.95. The summed E-state index contributed by atoms with van der Waals surface area (Å²) in [5, 5.41) is 1.22. The van der Waals surface area contributed by atoms with Gasteiger partial charge in [-0.3, -0.25) is 10.2 Å². The third-order valence-electron chi connectivity index (χ3n) is 3.83. The smallest absolute Gasteiger partial charge is 0.429 e. The topological polar surface area (TPSA) is 58.6 Å². The second-order valence-corrected chi connectivity index (χ2v) is 7.52. The molecule has 0 fully saturated rings. The Hall–Kier alpha value is -2.82. The number of nitrogens with zero attached hydrogens (tertiary/aromatic N) is 1. The molecule has 2 amide bonds. The van der Waals surface area contributed by atoms with Gasteiger partial charge in [0.25, 0.3) is 5.91 Å². The predicted molar refractivity (Wildman–Crippen MR) is 107 cm³/mol. The van der Waals surface area contributed by atoms with Crippen molar-refractivity contribution in [3.05, 3.63) is 59.7 Å². The normalized spacial score (nSPS) is 11.0. The van der Waals surface area contributed by atoms with Gasteiger partial charge in [-0.1, -0.05) is 48.9 Å². The molecule has 0 saturated carbocycles. The fourth-order valence-corrected chi connectivity index (χ4v) is 2.48. The van der Waals surface area contributed by atoms with Crippen LogP contribution in [0, 0.1) is 6.92 Å². The van der Waals surface area contributed by atoms with Gasteiger partial charge in [-0.05, 0) is 57.4 Å². The molecule has 0 unspecified atom stereocenters. The zero-order chi connectivity index (χ0) is 20.0. The van der Waals surface area contributed by atoms with Gasteiger partial charge in [0.05, 0.1) is 0 Å². The number of hydrazine groups is 1. The Labute approximate surface area is 161 Å². The minimum absolute atomic E-state index is 0.343. The lowest BCUT2D eigenvalue weighted by molar-refractivity contribution is 0.0133. The lowest BCUT2D eigenvalue weighted by Crippen LogP contribution is -2.48. The van der Waals surface area contributed by atoms with Crippen molar-refractivity contribution in [3.63, 3.8) is 0 Å². The molecule has 0 radical (unpaired) electrons. The van der Waals surface area contributed by atoms with Gasteiger partial charge in [0, 0.05) is 12.1 Å². The van der Waals surface area contributed by atoms with Gasteiger partial charge < -0.3 is 4.74 Å². The zero-order valence-electron chi connectivity index (χ0n) is 16.7. The Kier molecular flexibility index (Phi) is 6.61. The molecule has 0 aliphatic carbocycles. The maximum absolute atomic E-state index is 12.5. The molecule has 2 rings (SSSR count). The number of carbonyl (C=O) groups is 2. The minimum Gasteiger partial charge on any atom is -0.442 e. The van der Waals surface area contributed by atoms with Crippen molar-refractivity contribution in [2.75, 3.05) is 6.54 Å². The number of nitrogens with one attached hydrogen (secondary N) is 1. The van der Waals surface area contributed by atoms with Gasteiger partial charge in [-0.2, -0.15) is 0 Å². The SMILES string of the molecule is CCCN(NC(=O)c1ccc(-c2ccc(C)cc2)cc1)C(=O)OC(C)(C)C. The van der Waals surface area contributed by atoms with Crippen LogP contribution in [0.1, 0.15) is 50.0 Å². The second kappa shape index (κ2) is 8.71. The number of hydrogen-bond acceptors (Lipinski definition) is 3. The summed E-state index contributed by atoms with van der Waals surface area (Å²) in [5.41, 5.74) is 5.83. The first-order valence-electron chi connectivity index (χ1n) is 9.18. The van der Waals surface area contributed by atoms with Gasteiger partial charge in [0.1, 0.15) is 5.60 Å². The third-order valence-corrected chi connectivity index (χ3v) is 3.83. The number of amides is 2. The summed E-state index contributed by atoms with van der Waals surface area (Å²) < 4.78 is 5.35. The highest BCUT2D eigenvalue weighted by atomic mass is 16.6. The Balaban J connectivity index is 2.09. The highest BCUT2D eigenvalue weighted by molar-refractivity contribution is 5.95. The Morgan fingerprint density at radius 1 is 0.963 bits per heavy atom. The minimum atomic E-state index is -0.622. The molecule has 2 aromatic rings. The molecule has 0 saturated heterocycles. The third kappa shape index (κ3) is 6.13. The van der Waals surface area contributed by atoms with Crippen LogP contribution in [0.3, 0.4) is 0 Å². The molecule has 5 heteroatoms. The average Bonchev–Trinajstić information content (AvgIpc) is 2.60. The first-order valence-corrected chi connectivity index (χ1v) is 9.18. The van der Waals surface area contributed by atoms with E-state index in [0.717, 1.165) is 11.1 Å². The molecule has 144 valence electrons. The summed E-state index contributed by atoms with van der Waals surface area (Å²) >= 11 is 0. The van der Waals surface area contributed by atoms with Crippen LogP contribution in [-0.2, 0) is 4.74 Å². The molecule has 0 bridgehead atoms. The van der Waals surface area contributed by atoms with Gasteiger partial charge in [-0.25, -0.2) is 9.80 Å². The van der Waals surface area contributed by atoms with E-state index in [9.17, 15) is 9.59 Å². The maximum Gasteiger partial charge on any atom is 0.429 e. The van der Waals surface area contributed by atoms with Crippen molar-refractivity contribution >= 4 is 12.0 Å². The lowest BCUT2D eigenvalue weighted by atomic mass is 10.0. The number of rotatable bonds is 4. The molecular weight excluding hydrogens is 340 g/mol. The summed E-state index contributed by atoms with van der Waals surface area (Å²) in [6, 6.07) is 15.5. The Morgan fingerprint density at radius 2 is 1.48 bits per heavy atom. The van der Waals surface area contributed by atoms with Crippen LogP contribution < -0.4 is 5.43 Å². The molecule has 27 heavy (non-hydrogen) atoms. The van der Waals surface area contributed by atoms with Crippen LogP contribution in [0.5, 0.6) is 0 Å². The summed E-state index contributed by atoms with van der Waals surface area (Å²) in [7, 11) is 0. The van der Waals surface area contributed by atoms with Crippen molar-refractivity contribution in [1.29, 1.82) is 0 Å². The highest BCUT2D eigenvalue weighted by Gasteiger charge is 2.23. The van der Waals surface area contributed by atoms with Crippen molar-refractivity contribution in [3.8, 4) is 11.1 Å². The van der Waals surface area contributed by atoms with E-state index in [1.54, 1.807) is 32.9 Å². The van der Waals surface area contributed by atoms with Gasteiger partial charge in [0.15, 0.2) is 0 Å². The molecular formula is C22H28N2O3. The Bertz CT molecular complexity index is 775. The number of carbonyl (C=O) groups excluding carboxylic acids is 2. The van der Waals surface area contributed by atoms with Gasteiger partial charge in [0.2, 0.25) is 0 Å². The van der Waals surface area contributed by atoms with Crippen molar-refractivity contribution in [2.24, 2.45) is 0 Å². The summed E-state index contributed by atoms with van der Waals surface area (Å²) in [6.45, 7) is 9.73. The first-order chi connectivity index (χ1) is 12.7. The van der Waals surface area contributed by atoms with Crippen molar-refractivity contribution < 1.29 is 14.3 Å². The Morgan fingerprint density at radius 3 is 1.96 bits per heavy atom. The van der Waals surface area contributed by atoms with Crippen LogP contribution >= 0.6 is 0 Å². The molecule has 1 N–H and O–H groups in total. The van der Waals surface area contributed by atoms with E-state index in [1.807, 2.05) is 26.0 Å². The quantitative estimate of drug-likeness (QED) is 0.777. The van der Waals surface area contributed by atoms with Crippen LogP contribution in [0.4, 0.5) is 4.79 Å². The lowest BCUT2D eigenvalue weighted by Gasteiger charge is -2.27. The molecule has 0 aromatic heterocycles. The standard InChI is InChI=1S/C22H28N2O3/c1-6-15-24(21(26)27-22(3,4)5)23-20(25)19-13-11-18(12-14-19)17-9-7-16(2)8-10-17/h7-14H,6,15H2,1-5H3,(H,23,25). The van der Waals surface area contributed by atoms with E-state index < -0.39 is 11.7 Å². The van der Waals surface area contributed by atoms with Crippen molar-refractivity contribution in [1.82, 2.24) is 10.4 Å². The average molecular weight is 368 g/mol. The van der Waals surface area contributed by atoms with Gasteiger partial charge >= 0.3 is 6.09 Å². The van der Waals surface area contributed by atoms with Crippen LogP contribution in [-0.4, -0.2) is 29.2 Å². The second-order valence-electron chi connectivity index (χ2n) is 7.52.